The largest absolute Gasteiger partial charge is 0.312 e. The van der Waals surface area contributed by atoms with Gasteiger partial charge >= 0.3 is 0 Å². The van der Waals surface area contributed by atoms with E-state index in [9.17, 15) is 8.42 Å². The molecule has 104 valence electrons. The molecule has 1 rings (SSSR count). The molecule has 1 heterocycles. The molecule has 0 saturated carbocycles. The second-order valence-corrected chi connectivity index (χ2v) is 7.25. The Bertz CT molecular complexity index is 476. The van der Waals surface area contributed by atoms with Gasteiger partial charge in [-0.3, -0.25) is 0 Å². The molecular weight excluding hydrogens is 268 g/mol. The van der Waals surface area contributed by atoms with Crippen LogP contribution < -0.4 is 5.32 Å². The highest BCUT2D eigenvalue weighted by atomic mass is 32.2. The molecule has 0 fully saturated rings. The highest BCUT2D eigenvalue weighted by Gasteiger charge is 2.25. The van der Waals surface area contributed by atoms with Crippen LogP contribution in [-0.4, -0.2) is 32.4 Å². The Morgan fingerprint density at radius 3 is 2.39 bits per heavy atom. The molecule has 0 atom stereocenters. The van der Waals surface area contributed by atoms with E-state index < -0.39 is 10.0 Å². The first kappa shape index (κ1) is 15.6. The molecule has 0 radical (unpaired) electrons. The molecule has 0 bridgehead atoms. The fourth-order valence-corrected chi connectivity index (χ4v) is 4.85. The van der Waals surface area contributed by atoms with E-state index >= 15 is 0 Å². The second kappa shape index (κ2) is 6.65. The number of aryl methyl sites for hydroxylation is 1. The van der Waals surface area contributed by atoms with Gasteiger partial charge in [-0.25, -0.2) is 8.42 Å². The summed E-state index contributed by atoms with van der Waals surface area (Å²) in [5.74, 6) is 0. The van der Waals surface area contributed by atoms with Gasteiger partial charge in [-0.2, -0.15) is 4.31 Å². The molecule has 18 heavy (non-hydrogen) atoms. The predicted octanol–water partition coefficient (Wildman–Crippen LogP) is 2.20. The smallest absolute Gasteiger partial charge is 0.244 e. The van der Waals surface area contributed by atoms with E-state index in [1.54, 1.807) is 17.4 Å². The van der Waals surface area contributed by atoms with Crippen molar-refractivity contribution in [3.8, 4) is 0 Å². The van der Waals surface area contributed by atoms with Crippen molar-refractivity contribution in [2.24, 2.45) is 0 Å². The maximum Gasteiger partial charge on any atom is 0.244 e. The van der Waals surface area contributed by atoms with E-state index in [-0.39, 0.29) is 0 Å². The van der Waals surface area contributed by atoms with E-state index in [0.717, 1.165) is 22.8 Å². The quantitative estimate of drug-likeness (QED) is 0.837. The molecule has 0 aliphatic carbocycles. The van der Waals surface area contributed by atoms with Gasteiger partial charge in [0, 0.05) is 29.4 Å². The zero-order chi connectivity index (χ0) is 13.8. The Morgan fingerprint density at radius 1 is 1.28 bits per heavy atom. The Hall–Kier alpha value is -0.430. The van der Waals surface area contributed by atoms with Crippen molar-refractivity contribution in [1.29, 1.82) is 0 Å². The fourth-order valence-electron chi connectivity index (χ4n) is 1.82. The average molecular weight is 290 g/mol. The summed E-state index contributed by atoms with van der Waals surface area (Å²) in [6.07, 6.45) is 0. The lowest BCUT2D eigenvalue weighted by atomic mass is 10.4. The van der Waals surface area contributed by atoms with Crippen LogP contribution in [0.3, 0.4) is 0 Å². The minimum absolute atomic E-state index is 0.462. The second-order valence-electron chi connectivity index (χ2n) is 4.00. The van der Waals surface area contributed by atoms with Crippen molar-refractivity contribution >= 4 is 21.4 Å². The van der Waals surface area contributed by atoms with Crippen molar-refractivity contribution in [2.75, 3.05) is 19.6 Å². The van der Waals surface area contributed by atoms with Crippen LogP contribution in [0.5, 0.6) is 0 Å². The molecule has 6 heteroatoms. The van der Waals surface area contributed by atoms with Gasteiger partial charge in [0.25, 0.3) is 0 Å². The third-order valence-electron chi connectivity index (χ3n) is 2.80. The van der Waals surface area contributed by atoms with Gasteiger partial charge in [-0.15, -0.1) is 11.3 Å². The van der Waals surface area contributed by atoms with Crippen LogP contribution in [0.15, 0.2) is 11.0 Å². The first-order valence-electron chi connectivity index (χ1n) is 6.27. The van der Waals surface area contributed by atoms with E-state index in [2.05, 4.69) is 5.32 Å². The first-order chi connectivity index (χ1) is 8.47. The van der Waals surface area contributed by atoms with E-state index in [1.165, 1.54) is 4.31 Å². The topological polar surface area (TPSA) is 49.4 Å². The zero-order valence-corrected chi connectivity index (χ0v) is 13.1. The van der Waals surface area contributed by atoms with Gasteiger partial charge in [-0.1, -0.05) is 20.8 Å². The van der Waals surface area contributed by atoms with Crippen LogP contribution in [0.2, 0.25) is 0 Å². The molecule has 0 aliphatic rings. The van der Waals surface area contributed by atoms with Gasteiger partial charge < -0.3 is 5.32 Å². The summed E-state index contributed by atoms with van der Waals surface area (Å²) in [6.45, 7) is 10.3. The first-order valence-corrected chi connectivity index (χ1v) is 8.53. The van der Waals surface area contributed by atoms with E-state index in [1.807, 2.05) is 27.7 Å². The molecule has 0 spiro atoms. The van der Waals surface area contributed by atoms with Crippen LogP contribution in [0.25, 0.3) is 0 Å². The standard InChI is InChI=1S/C12H22N2O2S2/c1-5-13-9-11-8-12(10(4)17-11)18(15,16)14(6-2)7-3/h8,13H,5-7,9H2,1-4H3. The summed E-state index contributed by atoms with van der Waals surface area (Å²) in [5.41, 5.74) is 0. The van der Waals surface area contributed by atoms with Crippen molar-refractivity contribution in [2.45, 2.75) is 39.1 Å². The normalized spacial score (nSPS) is 12.3. The van der Waals surface area contributed by atoms with Gasteiger partial charge in [0.05, 0.1) is 4.90 Å². The molecule has 0 aliphatic heterocycles. The number of hydrogen-bond acceptors (Lipinski definition) is 4. The third kappa shape index (κ3) is 3.32. The van der Waals surface area contributed by atoms with Crippen LogP contribution in [0.4, 0.5) is 0 Å². The maximum atomic E-state index is 12.4. The van der Waals surface area contributed by atoms with Crippen LogP contribution in [0, 0.1) is 6.92 Å². The molecule has 1 aromatic heterocycles. The van der Waals surface area contributed by atoms with Crippen LogP contribution in [-0.2, 0) is 16.6 Å². The Labute approximate surface area is 114 Å². The number of thiophene rings is 1. The SMILES string of the molecule is CCNCc1cc(S(=O)(=O)N(CC)CC)c(C)s1. The molecule has 4 nitrogen and oxygen atoms in total. The maximum absolute atomic E-state index is 12.4. The van der Waals surface area contributed by atoms with Gasteiger partial charge in [-0.05, 0) is 19.5 Å². The molecule has 0 saturated heterocycles. The molecule has 0 unspecified atom stereocenters. The minimum atomic E-state index is -3.32. The number of nitrogens with zero attached hydrogens (tertiary/aromatic N) is 1. The summed E-state index contributed by atoms with van der Waals surface area (Å²) >= 11 is 1.55. The summed E-state index contributed by atoms with van der Waals surface area (Å²) in [5, 5.41) is 3.22. The van der Waals surface area contributed by atoms with E-state index in [4.69, 9.17) is 0 Å². The molecule has 0 aromatic carbocycles. The van der Waals surface area contributed by atoms with Crippen LogP contribution >= 0.6 is 11.3 Å². The average Bonchev–Trinajstić information content (AvgIpc) is 2.70. The Balaban J connectivity index is 3.05. The highest BCUT2D eigenvalue weighted by Crippen LogP contribution is 2.28. The molecule has 1 aromatic rings. The summed E-state index contributed by atoms with van der Waals surface area (Å²) in [4.78, 5) is 2.40. The van der Waals surface area contributed by atoms with E-state index in [0.29, 0.717) is 18.0 Å². The molecule has 1 N–H and O–H groups in total. The summed E-state index contributed by atoms with van der Waals surface area (Å²) in [7, 11) is -3.32. The number of hydrogen-bond donors (Lipinski definition) is 1. The van der Waals surface area contributed by atoms with Crippen molar-refractivity contribution in [3.05, 3.63) is 15.8 Å². The lowest BCUT2D eigenvalue weighted by Crippen LogP contribution is -2.30. The number of nitrogens with one attached hydrogen (secondary N) is 1. The van der Waals surface area contributed by atoms with Crippen molar-refractivity contribution in [3.63, 3.8) is 0 Å². The third-order valence-corrected chi connectivity index (χ3v) is 6.15. The summed E-state index contributed by atoms with van der Waals surface area (Å²) < 4.78 is 26.3. The Morgan fingerprint density at radius 2 is 1.89 bits per heavy atom. The van der Waals surface area contributed by atoms with Gasteiger partial charge in [0.2, 0.25) is 10.0 Å². The fraction of sp³-hybridized carbons (Fsp3) is 0.667. The minimum Gasteiger partial charge on any atom is -0.312 e. The lowest BCUT2D eigenvalue weighted by Gasteiger charge is -2.17. The zero-order valence-electron chi connectivity index (χ0n) is 11.5. The number of rotatable bonds is 7. The number of sulfonamides is 1. The predicted molar refractivity (Wildman–Crippen MR) is 76.5 cm³/mol. The lowest BCUT2D eigenvalue weighted by molar-refractivity contribution is 0.445. The van der Waals surface area contributed by atoms with Crippen LogP contribution in [0.1, 0.15) is 30.5 Å². The Kier molecular flexibility index (Phi) is 5.78. The van der Waals surface area contributed by atoms with Crippen molar-refractivity contribution in [1.82, 2.24) is 9.62 Å². The monoisotopic (exact) mass is 290 g/mol. The summed E-state index contributed by atoms with van der Waals surface area (Å²) in [6, 6.07) is 1.80. The highest BCUT2D eigenvalue weighted by molar-refractivity contribution is 7.89. The molecule has 0 amide bonds. The van der Waals surface area contributed by atoms with Gasteiger partial charge in [0.1, 0.15) is 0 Å². The molecular formula is C12H22N2O2S2. The van der Waals surface area contributed by atoms with Crippen molar-refractivity contribution < 1.29 is 8.42 Å². The van der Waals surface area contributed by atoms with Gasteiger partial charge in [0.15, 0.2) is 0 Å².